The number of nitrogens with zero attached hydrogens (tertiary/aromatic N) is 1. The monoisotopic (exact) mass is 490 g/mol. The van der Waals surface area contributed by atoms with Crippen LogP contribution in [0.25, 0.3) is 0 Å². The molecule has 0 saturated heterocycles. The van der Waals surface area contributed by atoms with E-state index in [0.29, 0.717) is 25.0 Å². The van der Waals surface area contributed by atoms with Gasteiger partial charge in [-0.2, -0.15) is 0 Å². The molecule has 6 nitrogen and oxygen atoms in total. The quantitative estimate of drug-likeness (QED) is 0.297. The number of rotatable bonds is 8. The summed E-state index contributed by atoms with van der Waals surface area (Å²) in [5.41, 5.74) is 0.612. The van der Waals surface area contributed by atoms with Crippen molar-refractivity contribution >= 4 is 35.8 Å². The van der Waals surface area contributed by atoms with Gasteiger partial charge in [0.15, 0.2) is 5.96 Å². The molecular formula is C20H35IN4O2. The van der Waals surface area contributed by atoms with Crippen molar-refractivity contribution < 1.29 is 9.53 Å². The van der Waals surface area contributed by atoms with Crippen LogP contribution in [-0.2, 0) is 4.79 Å². The van der Waals surface area contributed by atoms with E-state index in [0.717, 1.165) is 11.3 Å². The zero-order chi connectivity index (χ0) is 19.7. The summed E-state index contributed by atoms with van der Waals surface area (Å²) in [6, 6.07) is 8.15. The molecule has 1 unspecified atom stereocenters. The highest BCUT2D eigenvalue weighted by Gasteiger charge is 2.26. The summed E-state index contributed by atoms with van der Waals surface area (Å²) in [6.45, 7) is 11.3. The summed E-state index contributed by atoms with van der Waals surface area (Å²) in [5, 5.41) is 9.26. The number of nitrogens with one attached hydrogen (secondary N) is 3. The van der Waals surface area contributed by atoms with Gasteiger partial charge in [0.05, 0.1) is 18.1 Å². The highest BCUT2D eigenvalue weighted by molar-refractivity contribution is 14.0. The lowest BCUT2D eigenvalue weighted by molar-refractivity contribution is -0.128. The Labute approximate surface area is 181 Å². The van der Waals surface area contributed by atoms with E-state index in [4.69, 9.17) is 4.74 Å². The maximum absolute atomic E-state index is 11.9. The van der Waals surface area contributed by atoms with Gasteiger partial charge in [-0.25, -0.2) is 0 Å². The van der Waals surface area contributed by atoms with Crippen molar-refractivity contribution in [2.75, 3.05) is 27.2 Å². The van der Waals surface area contributed by atoms with Crippen molar-refractivity contribution in [2.45, 2.75) is 40.7 Å². The molecule has 0 aliphatic carbocycles. The highest BCUT2D eigenvalue weighted by atomic mass is 127. The van der Waals surface area contributed by atoms with Gasteiger partial charge in [-0.15, -0.1) is 24.0 Å². The molecule has 0 radical (unpaired) electrons. The molecule has 27 heavy (non-hydrogen) atoms. The molecule has 0 spiro atoms. The van der Waals surface area contributed by atoms with E-state index < -0.39 is 5.41 Å². The van der Waals surface area contributed by atoms with Crippen LogP contribution in [0.3, 0.4) is 0 Å². The molecule has 7 heteroatoms. The van der Waals surface area contributed by atoms with E-state index in [1.165, 1.54) is 0 Å². The Bertz CT molecular complexity index is 601. The molecule has 1 aromatic carbocycles. The summed E-state index contributed by atoms with van der Waals surface area (Å²) in [6.07, 6.45) is 0. The Hall–Kier alpha value is -1.51. The van der Waals surface area contributed by atoms with Crippen LogP contribution < -0.4 is 20.7 Å². The van der Waals surface area contributed by atoms with Gasteiger partial charge in [-0.1, -0.05) is 26.0 Å². The number of aliphatic imine (C=N–C) groups is 1. The van der Waals surface area contributed by atoms with Gasteiger partial charge in [0.1, 0.15) is 5.75 Å². The summed E-state index contributed by atoms with van der Waals surface area (Å²) >= 11 is 0. The van der Waals surface area contributed by atoms with Gasteiger partial charge in [0.25, 0.3) is 0 Å². The minimum Gasteiger partial charge on any atom is -0.493 e. The fraction of sp³-hybridized carbons (Fsp3) is 0.600. The van der Waals surface area contributed by atoms with E-state index >= 15 is 0 Å². The predicted molar refractivity (Wildman–Crippen MR) is 123 cm³/mol. The average molecular weight is 490 g/mol. The Kier molecular flexibility index (Phi) is 11.4. The second-order valence-electron chi connectivity index (χ2n) is 7.53. The van der Waals surface area contributed by atoms with Crippen LogP contribution in [0.1, 0.15) is 46.2 Å². The summed E-state index contributed by atoms with van der Waals surface area (Å²) in [5.74, 6) is 2.04. The van der Waals surface area contributed by atoms with E-state index in [-0.39, 0.29) is 35.9 Å². The SMILES string of the molecule is CN=C(NCC(C)(C)C(=O)NC)NC(C)c1ccc(OCC(C)C)cc1.I. The number of benzene rings is 1. The van der Waals surface area contributed by atoms with Crippen LogP contribution in [-0.4, -0.2) is 39.1 Å². The average Bonchev–Trinajstić information content (AvgIpc) is 2.62. The summed E-state index contributed by atoms with van der Waals surface area (Å²) in [7, 11) is 3.37. The zero-order valence-corrected chi connectivity index (χ0v) is 19.9. The lowest BCUT2D eigenvalue weighted by Gasteiger charge is -2.25. The number of carbonyl (C=O) groups excluding carboxylic acids is 1. The topological polar surface area (TPSA) is 74.8 Å². The molecule has 0 bridgehead atoms. The fourth-order valence-corrected chi connectivity index (χ4v) is 2.32. The van der Waals surface area contributed by atoms with E-state index in [1.54, 1.807) is 14.1 Å². The second-order valence-corrected chi connectivity index (χ2v) is 7.53. The van der Waals surface area contributed by atoms with Gasteiger partial charge < -0.3 is 20.7 Å². The van der Waals surface area contributed by atoms with Crippen LogP contribution >= 0.6 is 24.0 Å². The first kappa shape index (κ1) is 25.5. The standard InChI is InChI=1S/C20H34N4O2.HI/c1-14(2)12-26-17-10-8-16(9-11-17)15(3)24-19(22-7)23-13-20(4,5)18(25)21-6;/h8-11,14-15H,12-13H2,1-7H3,(H,21,25)(H2,22,23,24);1H. The molecule has 1 amide bonds. The normalized spacial score (nSPS) is 12.8. The maximum Gasteiger partial charge on any atom is 0.227 e. The molecule has 0 heterocycles. The Morgan fingerprint density at radius 3 is 2.26 bits per heavy atom. The fourth-order valence-electron chi connectivity index (χ4n) is 2.32. The van der Waals surface area contributed by atoms with Gasteiger partial charge in [-0.3, -0.25) is 9.79 Å². The molecule has 0 aliphatic heterocycles. The van der Waals surface area contributed by atoms with Gasteiger partial charge in [0.2, 0.25) is 5.91 Å². The first-order valence-electron chi connectivity index (χ1n) is 9.11. The molecule has 0 fully saturated rings. The number of hydrogen-bond donors (Lipinski definition) is 3. The second kappa shape index (κ2) is 12.0. The summed E-state index contributed by atoms with van der Waals surface area (Å²) < 4.78 is 5.72. The van der Waals surface area contributed by atoms with Crippen LogP contribution in [0.4, 0.5) is 0 Å². The van der Waals surface area contributed by atoms with Crippen LogP contribution in [0.2, 0.25) is 0 Å². The smallest absolute Gasteiger partial charge is 0.227 e. The summed E-state index contributed by atoms with van der Waals surface area (Å²) in [4.78, 5) is 16.1. The minimum atomic E-state index is -0.523. The predicted octanol–water partition coefficient (Wildman–Crippen LogP) is 3.34. The molecule has 0 aromatic heterocycles. The Balaban J connectivity index is 0.00000676. The highest BCUT2D eigenvalue weighted by Crippen LogP contribution is 2.18. The number of ether oxygens (including phenoxy) is 1. The van der Waals surface area contributed by atoms with E-state index in [9.17, 15) is 4.79 Å². The van der Waals surface area contributed by atoms with Crippen LogP contribution in [0.15, 0.2) is 29.3 Å². The third kappa shape index (κ3) is 8.81. The lowest BCUT2D eigenvalue weighted by atomic mass is 9.92. The molecule has 3 N–H and O–H groups in total. The van der Waals surface area contributed by atoms with Gasteiger partial charge >= 0.3 is 0 Å². The van der Waals surface area contributed by atoms with Crippen molar-refractivity contribution in [3.05, 3.63) is 29.8 Å². The lowest BCUT2D eigenvalue weighted by Crippen LogP contribution is -2.47. The number of hydrogen-bond acceptors (Lipinski definition) is 3. The number of halogens is 1. The Morgan fingerprint density at radius 2 is 1.78 bits per heavy atom. The molecule has 1 aromatic rings. The molecule has 154 valence electrons. The van der Waals surface area contributed by atoms with Crippen molar-refractivity contribution in [2.24, 2.45) is 16.3 Å². The van der Waals surface area contributed by atoms with Crippen molar-refractivity contribution in [3.8, 4) is 5.75 Å². The minimum absolute atomic E-state index is 0. The molecule has 1 rings (SSSR count). The van der Waals surface area contributed by atoms with Gasteiger partial charge in [-0.05, 0) is 44.4 Å². The zero-order valence-electron chi connectivity index (χ0n) is 17.6. The van der Waals surface area contributed by atoms with Gasteiger partial charge in [0, 0.05) is 20.6 Å². The molecule has 1 atom stereocenters. The third-order valence-corrected chi connectivity index (χ3v) is 4.08. The number of carbonyl (C=O) groups is 1. The molecule has 0 saturated carbocycles. The van der Waals surface area contributed by atoms with Crippen molar-refractivity contribution in [1.82, 2.24) is 16.0 Å². The maximum atomic E-state index is 11.9. The van der Waals surface area contributed by atoms with E-state index in [2.05, 4.69) is 53.8 Å². The van der Waals surface area contributed by atoms with Crippen LogP contribution in [0, 0.1) is 11.3 Å². The van der Waals surface area contributed by atoms with Crippen molar-refractivity contribution in [3.63, 3.8) is 0 Å². The third-order valence-electron chi connectivity index (χ3n) is 4.08. The number of amides is 1. The first-order chi connectivity index (χ1) is 12.2. The molecular weight excluding hydrogens is 455 g/mol. The van der Waals surface area contributed by atoms with Crippen molar-refractivity contribution in [1.29, 1.82) is 0 Å². The van der Waals surface area contributed by atoms with E-state index in [1.807, 2.05) is 26.0 Å². The largest absolute Gasteiger partial charge is 0.493 e. The molecule has 0 aliphatic rings. The first-order valence-corrected chi connectivity index (χ1v) is 9.11. The van der Waals surface area contributed by atoms with Crippen LogP contribution in [0.5, 0.6) is 5.75 Å². The Morgan fingerprint density at radius 1 is 1.19 bits per heavy atom. The number of guanidine groups is 1.